The van der Waals surface area contributed by atoms with Crippen molar-refractivity contribution >= 4 is 28.6 Å². The van der Waals surface area contributed by atoms with Crippen molar-refractivity contribution in [2.75, 3.05) is 18.6 Å². The Labute approximate surface area is 159 Å². The number of H-pyrrole nitrogens is 2. The van der Waals surface area contributed by atoms with Gasteiger partial charge < -0.3 is 15.3 Å². The average molecular weight is 387 g/mol. The molecule has 1 unspecified atom stereocenters. The van der Waals surface area contributed by atoms with Crippen LogP contribution in [-0.4, -0.2) is 44.0 Å². The number of hydrogen-bond acceptors (Lipinski definition) is 5. The summed E-state index contributed by atoms with van der Waals surface area (Å²) in [5.74, 6) is 0.309. The zero-order chi connectivity index (χ0) is 19.2. The Bertz CT molecular complexity index is 1030. The first-order valence-electron chi connectivity index (χ1n) is 8.59. The Balaban J connectivity index is 1.87. The van der Waals surface area contributed by atoms with Crippen LogP contribution in [0.15, 0.2) is 46.4 Å². The highest BCUT2D eigenvalue weighted by Crippen LogP contribution is 2.13. The minimum atomic E-state index is -0.861. The van der Waals surface area contributed by atoms with E-state index >= 15 is 0 Å². The number of amides is 1. The molecule has 3 N–H and O–H groups in total. The van der Waals surface area contributed by atoms with Crippen molar-refractivity contribution in [1.82, 2.24) is 24.8 Å². The Hall–Kier alpha value is -2.81. The highest BCUT2D eigenvalue weighted by molar-refractivity contribution is 7.98. The van der Waals surface area contributed by atoms with Crippen LogP contribution in [0.25, 0.3) is 10.9 Å². The van der Waals surface area contributed by atoms with Gasteiger partial charge in [-0.1, -0.05) is 12.1 Å². The first kappa shape index (κ1) is 19.0. The van der Waals surface area contributed by atoms with E-state index in [1.165, 1.54) is 0 Å². The molecule has 1 aromatic carbocycles. The molecule has 1 amide bonds. The van der Waals surface area contributed by atoms with Crippen LogP contribution < -0.4 is 16.6 Å². The van der Waals surface area contributed by atoms with Gasteiger partial charge >= 0.3 is 5.69 Å². The Morgan fingerprint density at radius 3 is 2.89 bits per heavy atom. The number of rotatable bonds is 8. The van der Waals surface area contributed by atoms with Crippen LogP contribution in [0.4, 0.5) is 0 Å². The summed E-state index contributed by atoms with van der Waals surface area (Å²) in [7, 11) is 0. The summed E-state index contributed by atoms with van der Waals surface area (Å²) in [6.07, 6.45) is 6.16. The first-order valence-corrected chi connectivity index (χ1v) is 9.98. The van der Waals surface area contributed by atoms with Crippen molar-refractivity contribution in [1.29, 1.82) is 0 Å². The lowest BCUT2D eigenvalue weighted by Crippen LogP contribution is -2.45. The molecule has 0 radical (unpaired) electrons. The molecular weight excluding hydrogens is 366 g/mol. The number of benzene rings is 1. The van der Waals surface area contributed by atoms with Crippen LogP contribution in [0.3, 0.4) is 0 Å². The van der Waals surface area contributed by atoms with E-state index in [1.54, 1.807) is 48.6 Å². The number of imidazole rings is 1. The van der Waals surface area contributed by atoms with Crippen molar-refractivity contribution < 1.29 is 4.79 Å². The minimum absolute atomic E-state index is 0.341. The van der Waals surface area contributed by atoms with E-state index in [-0.39, 0.29) is 5.91 Å². The topological polar surface area (TPSA) is 113 Å². The number of carbonyl (C=O) groups is 1. The number of para-hydroxylation sites is 1. The second-order valence-corrected chi connectivity index (χ2v) is 7.05. The maximum absolute atomic E-state index is 12.9. The summed E-state index contributed by atoms with van der Waals surface area (Å²) >= 11 is 1.56. The predicted octanol–water partition coefficient (Wildman–Crippen LogP) is 1.07. The Morgan fingerprint density at radius 1 is 1.33 bits per heavy atom. The molecule has 9 heteroatoms. The van der Waals surface area contributed by atoms with E-state index in [9.17, 15) is 14.4 Å². The fraction of sp³-hybridized carbons (Fsp3) is 0.333. The summed E-state index contributed by atoms with van der Waals surface area (Å²) in [4.78, 5) is 47.8. The van der Waals surface area contributed by atoms with E-state index in [0.29, 0.717) is 36.0 Å². The third-order valence-electron chi connectivity index (χ3n) is 4.29. The van der Waals surface area contributed by atoms with Gasteiger partial charge in [-0.25, -0.2) is 14.3 Å². The fourth-order valence-corrected chi connectivity index (χ4v) is 3.38. The number of hydrogen-bond donors (Lipinski definition) is 3. The molecule has 0 saturated carbocycles. The van der Waals surface area contributed by atoms with Gasteiger partial charge in [-0.05, 0) is 30.6 Å². The second-order valence-electron chi connectivity index (χ2n) is 6.07. The molecule has 0 aliphatic carbocycles. The Morgan fingerprint density at radius 2 is 2.15 bits per heavy atom. The average Bonchev–Trinajstić information content (AvgIpc) is 3.17. The van der Waals surface area contributed by atoms with Gasteiger partial charge in [0, 0.05) is 24.9 Å². The van der Waals surface area contributed by atoms with Gasteiger partial charge in [-0.15, -0.1) is 0 Å². The van der Waals surface area contributed by atoms with Gasteiger partial charge in [0.2, 0.25) is 5.91 Å². The van der Waals surface area contributed by atoms with Gasteiger partial charge in [0.1, 0.15) is 6.04 Å². The van der Waals surface area contributed by atoms with Gasteiger partial charge in [0.25, 0.3) is 5.56 Å². The number of nitrogens with zero attached hydrogens (tertiary/aromatic N) is 2. The smallest absolute Gasteiger partial charge is 0.329 e. The molecule has 3 aromatic rings. The van der Waals surface area contributed by atoms with E-state index < -0.39 is 17.3 Å². The summed E-state index contributed by atoms with van der Waals surface area (Å²) in [5.41, 5.74) is 0.335. The number of carbonyl (C=O) groups excluding carboxylic acids is 1. The molecular formula is C18H21N5O3S. The number of aromatic amines is 2. The van der Waals surface area contributed by atoms with Gasteiger partial charge in [0.05, 0.1) is 17.2 Å². The van der Waals surface area contributed by atoms with Crippen molar-refractivity contribution in [3.05, 3.63) is 63.3 Å². The number of fused-ring (bicyclic) bond motifs is 1. The van der Waals surface area contributed by atoms with Crippen molar-refractivity contribution in [3.8, 4) is 0 Å². The highest BCUT2D eigenvalue weighted by Gasteiger charge is 2.24. The molecule has 2 heterocycles. The molecule has 0 saturated heterocycles. The summed E-state index contributed by atoms with van der Waals surface area (Å²) in [6, 6.07) is 5.93. The van der Waals surface area contributed by atoms with Crippen LogP contribution in [0.2, 0.25) is 0 Å². The minimum Gasteiger partial charge on any atom is -0.354 e. The monoisotopic (exact) mass is 387 g/mol. The van der Waals surface area contributed by atoms with Crippen molar-refractivity contribution in [2.45, 2.75) is 18.9 Å². The van der Waals surface area contributed by atoms with E-state index in [2.05, 4.69) is 20.3 Å². The molecule has 1 atom stereocenters. The largest absolute Gasteiger partial charge is 0.354 e. The van der Waals surface area contributed by atoms with Crippen LogP contribution in [0.1, 0.15) is 18.2 Å². The van der Waals surface area contributed by atoms with Crippen molar-refractivity contribution in [3.63, 3.8) is 0 Å². The van der Waals surface area contributed by atoms with Crippen LogP contribution in [0.5, 0.6) is 0 Å². The quantitative estimate of drug-likeness (QED) is 0.535. The Kier molecular flexibility index (Phi) is 6.12. The molecule has 0 bridgehead atoms. The zero-order valence-corrected chi connectivity index (χ0v) is 15.7. The number of aromatic nitrogens is 4. The van der Waals surface area contributed by atoms with Crippen molar-refractivity contribution in [2.24, 2.45) is 0 Å². The van der Waals surface area contributed by atoms with Crippen LogP contribution in [-0.2, 0) is 11.2 Å². The van der Waals surface area contributed by atoms with Crippen LogP contribution >= 0.6 is 11.8 Å². The predicted molar refractivity (Wildman–Crippen MR) is 106 cm³/mol. The van der Waals surface area contributed by atoms with Gasteiger partial charge in [-0.3, -0.25) is 9.59 Å². The van der Waals surface area contributed by atoms with Gasteiger partial charge in [0.15, 0.2) is 0 Å². The second kappa shape index (κ2) is 8.72. The molecule has 8 nitrogen and oxygen atoms in total. The molecule has 2 aromatic heterocycles. The third kappa shape index (κ3) is 4.30. The molecule has 3 rings (SSSR count). The first-order chi connectivity index (χ1) is 13.1. The number of nitrogens with one attached hydrogen (secondary N) is 3. The standard InChI is InChI=1S/C18H21N5O3S/c1-27-9-7-15(16(24)20-8-6-12-10-19-11-21-12)23-17(25)13-4-2-3-5-14(13)22-18(23)26/h2-5,10-11,15H,6-9H2,1H3,(H,19,21)(H,20,24)(H,22,26). The SMILES string of the molecule is CSCCC(C(=O)NCCc1cnc[nH]1)n1c(=O)[nH]c2ccccc2c1=O. The third-order valence-corrected chi connectivity index (χ3v) is 4.94. The van der Waals surface area contributed by atoms with E-state index in [0.717, 1.165) is 10.3 Å². The molecule has 0 spiro atoms. The van der Waals surface area contributed by atoms with Crippen LogP contribution in [0, 0.1) is 0 Å². The number of thioether (sulfide) groups is 1. The lowest BCUT2D eigenvalue weighted by Gasteiger charge is -2.18. The molecule has 0 aliphatic rings. The maximum atomic E-state index is 12.9. The van der Waals surface area contributed by atoms with E-state index in [4.69, 9.17) is 0 Å². The zero-order valence-electron chi connectivity index (χ0n) is 14.9. The molecule has 0 aliphatic heterocycles. The lowest BCUT2D eigenvalue weighted by molar-refractivity contribution is -0.124. The normalized spacial score (nSPS) is 12.2. The summed E-state index contributed by atoms with van der Waals surface area (Å²) in [6.45, 7) is 0.386. The lowest BCUT2D eigenvalue weighted by atomic mass is 10.1. The highest BCUT2D eigenvalue weighted by atomic mass is 32.2. The molecule has 142 valence electrons. The summed E-state index contributed by atoms with van der Waals surface area (Å²) in [5, 5.41) is 3.21. The molecule has 27 heavy (non-hydrogen) atoms. The maximum Gasteiger partial charge on any atom is 0.329 e. The van der Waals surface area contributed by atoms with E-state index in [1.807, 2.05) is 6.26 Å². The van der Waals surface area contributed by atoms with Gasteiger partial charge in [-0.2, -0.15) is 11.8 Å². The fourth-order valence-electron chi connectivity index (χ4n) is 2.93. The summed E-state index contributed by atoms with van der Waals surface area (Å²) < 4.78 is 1.03. The molecule has 0 fully saturated rings.